The van der Waals surface area contributed by atoms with Crippen LogP contribution in [0, 0.1) is 27.8 Å². The number of primary amides is 1. The summed E-state index contributed by atoms with van der Waals surface area (Å²) < 4.78 is 14.2. The molecule has 5 heterocycles. The third-order valence-corrected chi connectivity index (χ3v) is 19.3. The number of benzene rings is 3. The van der Waals surface area contributed by atoms with Crippen molar-refractivity contribution in [1.82, 2.24) is 57.3 Å². The van der Waals surface area contributed by atoms with E-state index in [9.17, 15) is 57.7 Å². The molecule has 10 amide bonds. The van der Waals surface area contributed by atoms with Gasteiger partial charge in [0, 0.05) is 105 Å². The number of nitrogens with two attached hydrogens (primary N) is 1. The number of aromatic amines is 1. The van der Waals surface area contributed by atoms with E-state index in [1.165, 1.54) is 65.9 Å². The number of aromatic nitrogens is 1. The van der Waals surface area contributed by atoms with E-state index >= 15 is 0 Å². The second-order valence-electron chi connectivity index (χ2n) is 24.4. The number of piperidine rings is 1. The normalized spacial score (nSPS) is 21.4. The summed E-state index contributed by atoms with van der Waals surface area (Å²) in [6.07, 6.45) is 10.5. The van der Waals surface area contributed by atoms with Gasteiger partial charge in [-0.25, -0.2) is 9.18 Å². The first-order valence-corrected chi connectivity index (χ1v) is 32.3. The Bertz CT molecular complexity index is 3330. The van der Waals surface area contributed by atoms with Crippen molar-refractivity contribution in [1.29, 1.82) is 0 Å². The van der Waals surface area contributed by atoms with Crippen LogP contribution in [0.5, 0.6) is 0 Å². The molecule has 0 bridgehead atoms. The van der Waals surface area contributed by atoms with Crippen molar-refractivity contribution in [2.45, 2.75) is 151 Å². The number of carbonyl (C=O) groups excluding carboxylic acids is 9. The monoisotopic (exact) mass is 1260 g/mol. The molecule has 1 aromatic heterocycles. The average Bonchev–Trinajstić information content (AvgIpc) is 1.43. The van der Waals surface area contributed by atoms with Gasteiger partial charge in [0.25, 0.3) is 5.69 Å². The van der Waals surface area contributed by atoms with Gasteiger partial charge in [-0.2, -0.15) is 11.8 Å². The van der Waals surface area contributed by atoms with Crippen LogP contribution in [0.2, 0.25) is 0 Å². The van der Waals surface area contributed by atoms with Crippen LogP contribution in [0.25, 0.3) is 16.5 Å². The number of fused-ring (bicyclic) bond motifs is 3. The molecule has 9 rings (SSSR count). The van der Waals surface area contributed by atoms with Crippen molar-refractivity contribution < 1.29 is 52.5 Å². The van der Waals surface area contributed by atoms with Gasteiger partial charge in [-0.1, -0.05) is 48.9 Å². The number of carbonyl (C=O) groups is 9. The molecule has 0 radical (unpaired) electrons. The number of rotatable bonds is 30. The van der Waals surface area contributed by atoms with E-state index in [1.807, 2.05) is 49.3 Å². The molecular weight excluding hydrogens is 1180 g/mol. The Kier molecular flexibility index (Phi) is 22.7. The number of hydrogen-bond donors (Lipinski definition) is 10. The fourth-order valence-electron chi connectivity index (χ4n) is 13.0. The lowest BCUT2D eigenvalue weighted by Crippen LogP contribution is -2.58. The second-order valence-corrected chi connectivity index (χ2v) is 25.6. The highest BCUT2D eigenvalue weighted by molar-refractivity contribution is 8.00. The Morgan fingerprint density at radius 3 is 2.22 bits per heavy atom. The minimum absolute atomic E-state index is 0.0246. The zero-order valence-corrected chi connectivity index (χ0v) is 51.6. The summed E-state index contributed by atoms with van der Waals surface area (Å²) in [5, 5.41) is 36.0. The molecule has 26 heteroatoms. The van der Waals surface area contributed by atoms with Crippen LogP contribution >= 0.6 is 11.8 Å². The van der Waals surface area contributed by atoms with Crippen LogP contribution in [0.4, 0.5) is 14.9 Å². The maximum atomic E-state index is 14.8. The van der Waals surface area contributed by atoms with Gasteiger partial charge in [0.1, 0.15) is 30.0 Å². The van der Waals surface area contributed by atoms with Gasteiger partial charge in [-0.3, -0.25) is 53.4 Å². The zero-order chi connectivity index (χ0) is 64.0. The minimum Gasteiger partial charge on any atom is -0.368 e. The van der Waals surface area contributed by atoms with E-state index in [-0.39, 0.29) is 105 Å². The number of likely N-dealkylation sites (tertiary alicyclic amines) is 1. The number of likely N-dealkylation sites (N-methyl/N-ethyl adjacent to an activating group) is 1. The number of amides is 10. The summed E-state index contributed by atoms with van der Waals surface area (Å²) in [5.74, 6) is -4.51. The van der Waals surface area contributed by atoms with Crippen LogP contribution in [-0.2, 0) is 57.6 Å². The van der Waals surface area contributed by atoms with Crippen molar-refractivity contribution >= 4 is 87.2 Å². The van der Waals surface area contributed by atoms with E-state index in [2.05, 4.69) is 52.4 Å². The number of halogens is 1. The van der Waals surface area contributed by atoms with Gasteiger partial charge >= 0.3 is 6.03 Å². The molecule has 90 heavy (non-hydrogen) atoms. The molecule has 0 saturated carbocycles. The quantitative estimate of drug-likeness (QED) is 0.0155. The van der Waals surface area contributed by atoms with Crippen LogP contribution in [0.3, 0.4) is 0 Å². The maximum absolute atomic E-state index is 14.8. The lowest BCUT2D eigenvalue weighted by atomic mass is 9.79. The van der Waals surface area contributed by atoms with Gasteiger partial charge < -0.3 is 58.2 Å². The number of unbranched alkanes of at least 4 members (excludes halogenated alkanes) is 3. The van der Waals surface area contributed by atoms with Gasteiger partial charge in [0.2, 0.25) is 47.3 Å². The fraction of sp³-hybridized carbons (Fsp3) is 0.516. The van der Waals surface area contributed by atoms with Crippen LogP contribution < -0.4 is 48.3 Å². The first-order valence-electron chi connectivity index (χ1n) is 31.3. The molecule has 1 aliphatic carbocycles. The Balaban J connectivity index is 0.749. The third kappa shape index (κ3) is 17.3. The number of nitrogens with one attached hydrogen (secondary N) is 9. The lowest BCUT2D eigenvalue weighted by Gasteiger charge is -2.39. The Morgan fingerprint density at radius 2 is 1.50 bits per heavy atom. The van der Waals surface area contributed by atoms with Gasteiger partial charge in [0.05, 0.1) is 28.8 Å². The fourth-order valence-corrected chi connectivity index (χ4v) is 14.6. The first-order chi connectivity index (χ1) is 43.3. The minimum atomic E-state index is -1.25. The highest BCUT2D eigenvalue weighted by Gasteiger charge is 2.43. The van der Waals surface area contributed by atoms with Gasteiger partial charge in [-0.05, 0) is 124 Å². The van der Waals surface area contributed by atoms with E-state index in [1.54, 1.807) is 0 Å². The van der Waals surface area contributed by atoms with E-state index in [0.29, 0.717) is 62.6 Å². The molecule has 4 aromatic rings. The Labute approximate surface area is 525 Å². The van der Waals surface area contributed by atoms with Crippen molar-refractivity contribution in [3.05, 3.63) is 117 Å². The molecule has 3 saturated heterocycles. The van der Waals surface area contributed by atoms with Crippen LogP contribution in [-0.4, -0.2) is 166 Å². The summed E-state index contributed by atoms with van der Waals surface area (Å²) in [6, 6.07) is 13.2. The molecule has 10 atom stereocenters. The van der Waals surface area contributed by atoms with E-state index in [4.69, 9.17) is 5.73 Å². The van der Waals surface area contributed by atoms with Crippen molar-refractivity contribution in [2.24, 2.45) is 17.6 Å². The van der Waals surface area contributed by atoms with Crippen LogP contribution in [0.15, 0.2) is 79.0 Å². The first kappa shape index (κ1) is 66.0. The molecule has 482 valence electrons. The van der Waals surface area contributed by atoms with Gasteiger partial charge in [0.15, 0.2) is 0 Å². The van der Waals surface area contributed by atoms with Crippen molar-refractivity contribution in [2.75, 3.05) is 45.5 Å². The molecule has 3 fully saturated rings. The van der Waals surface area contributed by atoms with Gasteiger partial charge in [-0.15, -0.1) is 0 Å². The standard InChI is InChI=1S/C64H82FN13O11S/c1-37(79)70-49(61(84)68-27-7-5-13-48(58(66)81)71-55(80)17-4-3-16-54-57-52(36-90-54)74-64(87)75-57)14-6-8-26-67-59(82)40-11-10-28-77(35-40)63(86)51(30-38-18-22-43(65)23-19-38)73-62(85)50(29-39-20-24-44(25-21-39)78(88)89)72-60(83)42-31-46-45-12-9-15-47-56(45)41(33-69-47)32-53(46)76(2)34-42/h9,12,15,18-25,31,33,40,42,48-54,57,69H,3-8,10-11,13-14,16-17,26-30,32,34-36H2,1-2H3,(H2,66,81)(H,67,82)(H,68,84)(H,70,79)(H,71,80)(H,72,83)(H,73,85)(H2,74,75,87)/t40?,42-,48+,49+,50+,51+,52-,53-,54-,57-/m1/s1. The molecule has 3 aromatic carbocycles. The topological polar surface area (TPSA) is 341 Å². The highest BCUT2D eigenvalue weighted by Crippen LogP contribution is 2.41. The number of nitro groups is 1. The number of nitro benzene ring substituents is 1. The number of hydrogen-bond acceptors (Lipinski definition) is 13. The smallest absolute Gasteiger partial charge is 0.315 e. The number of non-ortho nitro benzene ring substituents is 1. The summed E-state index contributed by atoms with van der Waals surface area (Å²) in [5.41, 5.74) is 10.7. The number of thioether (sulfide) groups is 1. The number of H-pyrrole nitrogens is 1. The summed E-state index contributed by atoms with van der Waals surface area (Å²) in [4.78, 5) is 138. The zero-order valence-electron chi connectivity index (χ0n) is 50.8. The van der Waals surface area contributed by atoms with E-state index in [0.717, 1.165) is 47.1 Å². The maximum Gasteiger partial charge on any atom is 0.315 e. The van der Waals surface area contributed by atoms with Crippen LogP contribution in [0.1, 0.15) is 106 Å². The third-order valence-electron chi connectivity index (χ3n) is 17.8. The second kappa shape index (κ2) is 30.9. The van der Waals surface area contributed by atoms with Crippen molar-refractivity contribution in [3.8, 4) is 0 Å². The molecule has 1 unspecified atom stereocenters. The molecule has 4 aliphatic heterocycles. The Hall–Kier alpha value is -8.39. The number of nitrogens with zero attached hydrogens (tertiary/aromatic N) is 3. The predicted octanol–water partition coefficient (Wildman–Crippen LogP) is 3.55. The Morgan fingerprint density at radius 1 is 0.789 bits per heavy atom. The number of urea groups is 1. The SMILES string of the molecule is CC(=O)N[C@@H](CCCCNC(=O)C1CCCN(C(=O)[C@H](Cc2ccc(F)cc2)NC(=O)[C@H](Cc2ccc([N+](=O)[O-])cc2)NC(=O)[C@@H]2C=C3c4cccc5[nH]cc(c45)C[C@H]3N(C)C2)C1)C(=O)NCCCC[C@H](NC(=O)CCCC[C@H]1SC[C@H]2NC(=O)N[C@H]21)C(N)=O. The molecule has 11 N–H and O–H groups in total. The molecule has 24 nitrogen and oxygen atoms in total. The summed E-state index contributed by atoms with van der Waals surface area (Å²) in [7, 11) is 1.96. The molecule has 5 aliphatic rings. The lowest BCUT2D eigenvalue weighted by molar-refractivity contribution is -0.384. The summed E-state index contributed by atoms with van der Waals surface area (Å²) in [6.45, 7) is 2.49. The largest absolute Gasteiger partial charge is 0.368 e. The average molecular weight is 1260 g/mol. The van der Waals surface area contributed by atoms with E-state index < -0.39 is 82.2 Å². The highest BCUT2D eigenvalue weighted by atomic mass is 32.2. The summed E-state index contributed by atoms with van der Waals surface area (Å²) >= 11 is 1.81. The predicted molar refractivity (Wildman–Crippen MR) is 336 cm³/mol. The molecular formula is C64H82FN13O11S. The molecule has 0 spiro atoms. The van der Waals surface area contributed by atoms with Crippen molar-refractivity contribution in [3.63, 3.8) is 0 Å².